The molecule has 0 saturated heterocycles. The van der Waals surface area contributed by atoms with Gasteiger partial charge >= 0.3 is 12.1 Å². The van der Waals surface area contributed by atoms with E-state index in [1.807, 2.05) is 27.7 Å². The van der Waals surface area contributed by atoms with Crippen molar-refractivity contribution >= 4 is 23.7 Å². The van der Waals surface area contributed by atoms with Crippen LogP contribution in [0.2, 0.25) is 0 Å². The molecule has 0 spiro atoms. The smallest absolute Gasteiger partial charge is 0.431 e. The average molecular weight is 569 g/mol. The molecule has 222 valence electrons. The van der Waals surface area contributed by atoms with E-state index in [1.165, 1.54) is 19.9 Å². The van der Waals surface area contributed by atoms with Crippen molar-refractivity contribution in [3.05, 3.63) is 23.8 Å². The predicted octanol–water partition coefficient (Wildman–Crippen LogP) is 5.95. The van der Waals surface area contributed by atoms with Gasteiger partial charge in [0.05, 0.1) is 5.41 Å². The van der Waals surface area contributed by atoms with E-state index in [0.29, 0.717) is 6.42 Å². The lowest BCUT2D eigenvalue weighted by molar-refractivity contribution is -0.209. The Labute approximate surface area is 232 Å². The zero-order chi connectivity index (χ0) is 30.1. The van der Waals surface area contributed by atoms with Crippen LogP contribution in [0.3, 0.4) is 0 Å². The van der Waals surface area contributed by atoms with Crippen molar-refractivity contribution in [1.82, 2.24) is 0 Å². The molecule has 7 nitrogen and oxygen atoms in total. The Kier molecular flexibility index (Phi) is 7.37. The molecule has 4 aliphatic rings. The third-order valence-electron chi connectivity index (χ3n) is 10.2. The summed E-state index contributed by atoms with van der Waals surface area (Å²) in [6, 6.07) is 0. The zero-order valence-corrected chi connectivity index (χ0v) is 24.1. The fourth-order valence-corrected chi connectivity index (χ4v) is 8.25. The van der Waals surface area contributed by atoms with Crippen LogP contribution in [0, 0.1) is 34.0 Å². The molecule has 0 aromatic rings. The van der Waals surface area contributed by atoms with Crippen molar-refractivity contribution in [1.29, 1.82) is 0 Å². The normalized spacial score (nSPS) is 41.3. The Morgan fingerprint density at radius 3 is 2.38 bits per heavy atom. The summed E-state index contributed by atoms with van der Waals surface area (Å²) < 4.78 is 62.6. The Hall–Kier alpha value is -2.65. The van der Waals surface area contributed by atoms with Gasteiger partial charge in [0.25, 0.3) is 0 Å². The lowest BCUT2D eigenvalue weighted by atomic mass is 9.45. The number of carbonyl (C=O) groups is 4. The molecule has 0 amide bonds. The van der Waals surface area contributed by atoms with Gasteiger partial charge in [0.1, 0.15) is 12.3 Å². The number of ketones is 2. The standard InChI is InChI=1S/C30H39F3O7/c1-8-23(26(3,4)5)39-25(37)40-30(24(36)38-15-31)16(2)11-18-19-13-21(32)20-12-17(34)9-10-27(20,6)29(19,33)22(35)14-28(18,30)7/h9-10,12,16,18-19,21,23H,8,11,13-15H2,1-7H3/t16-,18+,19+,21+,23?,27+,28+,29+,30+/m1/s1. The van der Waals surface area contributed by atoms with Gasteiger partial charge in [-0.15, -0.1) is 0 Å². The Balaban J connectivity index is 1.81. The third-order valence-corrected chi connectivity index (χ3v) is 10.2. The largest absolute Gasteiger partial charge is 0.509 e. The van der Waals surface area contributed by atoms with Crippen LogP contribution >= 0.6 is 0 Å². The number of Topliss-reactive ketones (excluding diaryl/α,β-unsaturated/α-hetero) is 1. The first-order valence-corrected chi connectivity index (χ1v) is 13.9. The maximum atomic E-state index is 17.4. The Morgan fingerprint density at radius 2 is 1.80 bits per heavy atom. The number of fused-ring (bicyclic) bond motifs is 5. The summed E-state index contributed by atoms with van der Waals surface area (Å²) >= 11 is 0. The summed E-state index contributed by atoms with van der Waals surface area (Å²) in [6.07, 6.45) is -0.459. The maximum Gasteiger partial charge on any atom is 0.509 e. The molecule has 9 atom stereocenters. The molecule has 0 aliphatic heterocycles. The van der Waals surface area contributed by atoms with Crippen LogP contribution in [-0.4, -0.2) is 54.1 Å². The molecule has 0 aromatic heterocycles. The van der Waals surface area contributed by atoms with Gasteiger partial charge in [0.15, 0.2) is 17.2 Å². The molecular weight excluding hydrogens is 529 g/mol. The number of esters is 1. The number of alkyl halides is 3. The van der Waals surface area contributed by atoms with Crippen molar-refractivity contribution < 1.29 is 46.6 Å². The summed E-state index contributed by atoms with van der Waals surface area (Å²) in [7, 11) is 0. The minimum absolute atomic E-state index is 0.0791. The second kappa shape index (κ2) is 9.72. The molecule has 10 heteroatoms. The van der Waals surface area contributed by atoms with Gasteiger partial charge in [-0.2, -0.15) is 0 Å². The fraction of sp³-hybridized carbons (Fsp3) is 0.733. The summed E-state index contributed by atoms with van der Waals surface area (Å²) in [4.78, 5) is 52.7. The first-order valence-electron chi connectivity index (χ1n) is 13.9. The molecule has 40 heavy (non-hydrogen) atoms. The van der Waals surface area contributed by atoms with Crippen molar-refractivity contribution in [2.75, 3.05) is 6.86 Å². The Bertz CT molecular complexity index is 1170. The molecule has 0 aromatic carbocycles. The summed E-state index contributed by atoms with van der Waals surface area (Å²) in [5.41, 5.74) is -8.58. The summed E-state index contributed by atoms with van der Waals surface area (Å²) in [5.74, 6) is -5.47. The second-order valence-corrected chi connectivity index (χ2v) is 13.3. The van der Waals surface area contributed by atoms with Gasteiger partial charge in [-0.05, 0) is 55.2 Å². The molecule has 0 bridgehead atoms. The highest BCUT2D eigenvalue weighted by Gasteiger charge is 2.79. The number of ether oxygens (including phenoxy) is 3. The minimum atomic E-state index is -2.58. The maximum absolute atomic E-state index is 17.4. The van der Waals surface area contributed by atoms with Crippen LogP contribution in [-0.2, 0) is 28.6 Å². The first-order chi connectivity index (χ1) is 18.4. The minimum Gasteiger partial charge on any atom is -0.431 e. The molecule has 3 fully saturated rings. The van der Waals surface area contributed by atoms with Gasteiger partial charge < -0.3 is 14.2 Å². The summed E-state index contributed by atoms with van der Waals surface area (Å²) in [6.45, 7) is 10.4. The van der Waals surface area contributed by atoms with Crippen molar-refractivity contribution in [2.45, 2.75) is 97.7 Å². The number of allylic oxidation sites excluding steroid dienone is 4. The number of hydrogen-bond acceptors (Lipinski definition) is 7. The van der Waals surface area contributed by atoms with E-state index < -0.39 is 101 Å². The quantitative estimate of drug-likeness (QED) is 0.379. The van der Waals surface area contributed by atoms with E-state index in [2.05, 4.69) is 0 Å². The topological polar surface area (TPSA) is 96.0 Å². The molecule has 4 aliphatic carbocycles. The van der Waals surface area contributed by atoms with Crippen molar-refractivity contribution in [2.24, 2.45) is 34.0 Å². The number of halogens is 3. The SMILES string of the molecule is CCC(OC(=O)O[C@]1(C(=O)OCF)[C@H](C)C[C@H]2[C@@H]3C[C@H](F)C4=CC(=O)C=C[C@]4(C)[C@@]3(F)C(=O)C[C@@]21C)C(C)(C)C. The van der Waals surface area contributed by atoms with E-state index in [-0.39, 0.29) is 12.0 Å². The monoisotopic (exact) mass is 568 g/mol. The second-order valence-electron chi connectivity index (χ2n) is 13.3. The highest BCUT2D eigenvalue weighted by molar-refractivity contribution is 6.03. The zero-order valence-electron chi connectivity index (χ0n) is 24.1. The van der Waals surface area contributed by atoms with Crippen LogP contribution in [0.5, 0.6) is 0 Å². The molecule has 3 saturated carbocycles. The average Bonchev–Trinajstić information content (AvgIpc) is 3.07. The van der Waals surface area contributed by atoms with E-state index in [1.54, 1.807) is 6.92 Å². The van der Waals surface area contributed by atoms with Gasteiger partial charge in [0.2, 0.25) is 12.5 Å². The number of carbonyl (C=O) groups excluding carboxylic acids is 4. The highest BCUT2D eigenvalue weighted by Crippen LogP contribution is 2.70. The highest BCUT2D eigenvalue weighted by atomic mass is 19.1. The number of hydrogen-bond donors (Lipinski definition) is 0. The van der Waals surface area contributed by atoms with Crippen LogP contribution in [0.25, 0.3) is 0 Å². The number of rotatable bonds is 5. The van der Waals surface area contributed by atoms with Crippen LogP contribution in [0.1, 0.15) is 74.1 Å². The molecular formula is C30H39F3O7. The van der Waals surface area contributed by atoms with E-state index >= 15 is 8.78 Å². The van der Waals surface area contributed by atoms with Gasteiger partial charge in [0, 0.05) is 23.7 Å². The fourth-order valence-electron chi connectivity index (χ4n) is 8.25. The lowest BCUT2D eigenvalue weighted by Gasteiger charge is -2.60. The van der Waals surface area contributed by atoms with Gasteiger partial charge in [-0.25, -0.2) is 22.8 Å². The van der Waals surface area contributed by atoms with E-state index in [9.17, 15) is 23.6 Å². The van der Waals surface area contributed by atoms with Gasteiger partial charge in [-0.1, -0.05) is 47.6 Å². The molecule has 0 radical (unpaired) electrons. The molecule has 0 heterocycles. The van der Waals surface area contributed by atoms with Crippen LogP contribution in [0.15, 0.2) is 23.8 Å². The molecule has 0 N–H and O–H groups in total. The molecule has 4 rings (SSSR count). The Morgan fingerprint density at radius 1 is 1.15 bits per heavy atom. The van der Waals surface area contributed by atoms with Crippen LogP contribution < -0.4 is 0 Å². The lowest BCUT2D eigenvalue weighted by Crippen LogP contribution is -2.69. The van der Waals surface area contributed by atoms with Crippen molar-refractivity contribution in [3.8, 4) is 0 Å². The van der Waals surface area contributed by atoms with Crippen molar-refractivity contribution in [3.63, 3.8) is 0 Å². The first kappa shape index (κ1) is 30.3. The predicted molar refractivity (Wildman–Crippen MR) is 138 cm³/mol. The van der Waals surface area contributed by atoms with E-state index in [4.69, 9.17) is 14.2 Å². The molecule has 1 unspecified atom stereocenters. The van der Waals surface area contributed by atoms with E-state index in [0.717, 1.165) is 12.2 Å². The summed E-state index contributed by atoms with van der Waals surface area (Å²) in [5, 5.41) is 0. The third kappa shape index (κ3) is 3.98. The van der Waals surface area contributed by atoms with Crippen LogP contribution in [0.4, 0.5) is 18.0 Å². The van der Waals surface area contributed by atoms with Gasteiger partial charge in [-0.3, -0.25) is 9.59 Å².